The molecule has 2 aliphatic rings. The van der Waals surface area contributed by atoms with Crippen LogP contribution < -0.4 is 10.2 Å². The van der Waals surface area contributed by atoms with Crippen molar-refractivity contribution in [1.82, 2.24) is 5.16 Å². The normalized spacial score (nSPS) is 14.9. The van der Waals surface area contributed by atoms with E-state index in [1.54, 1.807) is 24.3 Å². The summed E-state index contributed by atoms with van der Waals surface area (Å²) in [5.41, 5.74) is 4.20. The Morgan fingerprint density at radius 1 is 1.00 bits per heavy atom. The smallest absolute Gasteiger partial charge is 0.335 e. The van der Waals surface area contributed by atoms with Crippen LogP contribution in [-0.2, 0) is 4.79 Å². The highest BCUT2D eigenvalue weighted by molar-refractivity contribution is 6.28. The molecular formula is C26H19N3O5. The number of ketones is 2. The maximum atomic E-state index is 13.6. The number of Topliss-reactive ketones (excluding diaryl/α,β-unsaturated/α-hetero) is 1. The number of carbonyl (C=O) groups is 3. The number of anilines is 3. The SMILES string of the molecule is O=C1CCN(c2cc(Nc3cccc(C(=O)O)c3)c3c4c(onc24)-c2ccccc2C3=O)CC1. The highest BCUT2D eigenvalue weighted by atomic mass is 16.5. The molecule has 0 saturated carbocycles. The number of benzene rings is 3. The number of carboxylic acid groups (broad SMARTS) is 1. The molecule has 0 atom stereocenters. The molecule has 0 radical (unpaired) electrons. The summed E-state index contributed by atoms with van der Waals surface area (Å²) in [5.74, 6) is -0.449. The molecule has 0 bridgehead atoms. The van der Waals surface area contributed by atoms with Gasteiger partial charge >= 0.3 is 5.97 Å². The number of hydrogen-bond acceptors (Lipinski definition) is 7. The van der Waals surface area contributed by atoms with Crippen molar-refractivity contribution < 1.29 is 24.0 Å². The number of aromatic carboxylic acids is 1. The van der Waals surface area contributed by atoms with Gasteiger partial charge in [0.1, 0.15) is 11.3 Å². The monoisotopic (exact) mass is 453 g/mol. The minimum Gasteiger partial charge on any atom is -0.478 e. The van der Waals surface area contributed by atoms with E-state index in [-0.39, 0.29) is 17.1 Å². The van der Waals surface area contributed by atoms with Crippen molar-refractivity contribution >= 4 is 45.5 Å². The predicted octanol–water partition coefficient (Wildman–Crippen LogP) is 4.65. The summed E-state index contributed by atoms with van der Waals surface area (Å²) in [6.45, 7) is 1.10. The second kappa shape index (κ2) is 7.55. The van der Waals surface area contributed by atoms with Gasteiger partial charge in [-0.1, -0.05) is 35.5 Å². The van der Waals surface area contributed by atoms with Crippen molar-refractivity contribution in [2.45, 2.75) is 12.8 Å². The second-order valence-corrected chi connectivity index (χ2v) is 8.46. The summed E-state index contributed by atoms with van der Waals surface area (Å²) < 4.78 is 5.78. The molecule has 1 fully saturated rings. The molecule has 34 heavy (non-hydrogen) atoms. The van der Waals surface area contributed by atoms with Gasteiger partial charge in [-0.2, -0.15) is 0 Å². The average Bonchev–Trinajstić information content (AvgIpc) is 3.29. The Morgan fingerprint density at radius 3 is 2.53 bits per heavy atom. The Labute approximate surface area is 193 Å². The maximum Gasteiger partial charge on any atom is 0.335 e. The lowest BCUT2D eigenvalue weighted by atomic mass is 9.86. The van der Waals surface area contributed by atoms with E-state index in [1.807, 2.05) is 18.2 Å². The molecule has 1 saturated heterocycles. The molecule has 0 unspecified atom stereocenters. The van der Waals surface area contributed by atoms with Crippen molar-refractivity contribution in [2.24, 2.45) is 0 Å². The topological polar surface area (TPSA) is 113 Å². The summed E-state index contributed by atoms with van der Waals surface area (Å²) in [6.07, 6.45) is 0.887. The molecule has 8 nitrogen and oxygen atoms in total. The van der Waals surface area contributed by atoms with E-state index in [2.05, 4.69) is 15.4 Å². The number of nitrogens with zero attached hydrogens (tertiary/aromatic N) is 2. The molecule has 1 aromatic heterocycles. The quantitative estimate of drug-likeness (QED) is 0.404. The molecule has 0 spiro atoms. The van der Waals surface area contributed by atoms with Gasteiger partial charge in [0.15, 0.2) is 11.5 Å². The summed E-state index contributed by atoms with van der Waals surface area (Å²) in [6, 6.07) is 15.5. The molecule has 1 aliphatic heterocycles. The van der Waals surface area contributed by atoms with Gasteiger partial charge in [0.2, 0.25) is 0 Å². The molecule has 4 aromatic rings. The van der Waals surface area contributed by atoms with E-state index in [4.69, 9.17) is 4.52 Å². The van der Waals surface area contributed by atoms with Crippen LogP contribution in [0.2, 0.25) is 0 Å². The van der Waals surface area contributed by atoms with Gasteiger partial charge in [-0.3, -0.25) is 9.59 Å². The van der Waals surface area contributed by atoms with Crippen LogP contribution in [0.15, 0.2) is 59.1 Å². The highest BCUT2D eigenvalue weighted by Crippen LogP contribution is 2.46. The fraction of sp³-hybridized carbons (Fsp3) is 0.154. The number of carboxylic acids is 1. The van der Waals surface area contributed by atoms with Crippen molar-refractivity contribution in [3.05, 3.63) is 71.3 Å². The minimum atomic E-state index is -1.04. The molecule has 3 aromatic carbocycles. The van der Waals surface area contributed by atoms with Gasteiger partial charge in [-0.05, 0) is 24.3 Å². The first-order chi connectivity index (χ1) is 16.5. The van der Waals surface area contributed by atoms with E-state index < -0.39 is 5.97 Å². The van der Waals surface area contributed by atoms with Crippen LogP contribution in [0.3, 0.4) is 0 Å². The molecular weight excluding hydrogens is 434 g/mol. The molecule has 2 heterocycles. The van der Waals surface area contributed by atoms with Crippen molar-refractivity contribution in [2.75, 3.05) is 23.3 Å². The standard InChI is InChI=1S/C26H19N3O5/c30-16-8-10-29(11-9-16)20-13-19(27-15-5-3-4-14(12-15)26(32)33)21-22-23(20)28-34-25(22)18-7-2-1-6-17(18)24(21)31/h1-7,12-13,27H,8-11H2,(H,32,33). The van der Waals surface area contributed by atoms with E-state index in [0.717, 1.165) is 5.69 Å². The van der Waals surface area contributed by atoms with E-state index >= 15 is 0 Å². The number of rotatable bonds is 4. The number of aromatic nitrogens is 1. The van der Waals surface area contributed by atoms with Gasteiger partial charge in [0.05, 0.1) is 27.9 Å². The molecule has 6 rings (SSSR count). The highest BCUT2D eigenvalue weighted by Gasteiger charge is 2.34. The minimum absolute atomic E-state index is 0.136. The Morgan fingerprint density at radius 2 is 1.76 bits per heavy atom. The summed E-state index contributed by atoms with van der Waals surface area (Å²) in [5, 5.41) is 17.6. The van der Waals surface area contributed by atoms with Gasteiger partial charge in [-0.15, -0.1) is 0 Å². The Bertz CT molecular complexity index is 1510. The lowest BCUT2D eigenvalue weighted by molar-refractivity contribution is -0.119. The first-order valence-corrected chi connectivity index (χ1v) is 11.0. The fourth-order valence-corrected chi connectivity index (χ4v) is 4.76. The van der Waals surface area contributed by atoms with Crippen LogP contribution >= 0.6 is 0 Å². The van der Waals surface area contributed by atoms with Gasteiger partial charge in [0, 0.05) is 42.7 Å². The number of carbonyl (C=O) groups excluding carboxylic acids is 2. The zero-order chi connectivity index (χ0) is 23.4. The number of piperidine rings is 1. The molecule has 168 valence electrons. The van der Waals surface area contributed by atoms with Crippen molar-refractivity contribution in [1.29, 1.82) is 0 Å². The van der Waals surface area contributed by atoms with Gasteiger partial charge in [0.25, 0.3) is 0 Å². The van der Waals surface area contributed by atoms with Gasteiger partial charge in [-0.25, -0.2) is 4.79 Å². The third kappa shape index (κ3) is 3.07. The van der Waals surface area contributed by atoms with Crippen LogP contribution in [0.4, 0.5) is 17.1 Å². The van der Waals surface area contributed by atoms with E-state index in [1.165, 1.54) is 12.1 Å². The van der Waals surface area contributed by atoms with Crippen LogP contribution in [0.5, 0.6) is 0 Å². The fourth-order valence-electron chi connectivity index (χ4n) is 4.76. The lowest BCUT2D eigenvalue weighted by Crippen LogP contribution is -2.34. The third-order valence-electron chi connectivity index (χ3n) is 6.43. The third-order valence-corrected chi connectivity index (χ3v) is 6.43. The first kappa shape index (κ1) is 20.2. The van der Waals surface area contributed by atoms with Crippen molar-refractivity contribution in [3.63, 3.8) is 0 Å². The summed E-state index contributed by atoms with van der Waals surface area (Å²) >= 11 is 0. The zero-order valence-corrected chi connectivity index (χ0v) is 18.0. The Kier molecular flexibility index (Phi) is 4.48. The number of hydrogen-bond donors (Lipinski definition) is 2. The average molecular weight is 453 g/mol. The van der Waals surface area contributed by atoms with Crippen LogP contribution in [0, 0.1) is 0 Å². The first-order valence-electron chi connectivity index (χ1n) is 11.0. The Hall–Kier alpha value is -4.46. The lowest BCUT2D eigenvalue weighted by Gasteiger charge is -2.29. The van der Waals surface area contributed by atoms with E-state index in [9.17, 15) is 19.5 Å². The van der Waals surface area contributed by atoms with Crippen LogP contribution in [0.25, 0.3) is 22.2 Å². The summed E-state index contributed by atoms with van der Waals surface area (Å²) in [4.78, 5) is 39.0. The molecule has 1 aliphatic carbocycles. The van der Waals surface area contributed by atoms with Gasteiger partial charge < -0.3 is 19.8 Å². The predicted molar refractivity (Wildman–Crippen MR) is 126 cm³/mol. The number of fused-ring (bicyclic) bond motifs is 2. The zero-order valence-electron chi connectivity index (χ0n) is 18.0. The van der Waals surface area contributed by atoms with Crippen LogP contribution in [0.1, 0.15) is 39.1 Å². The number of nitrogens with one attached hydrogen (secondary N) is 1. The van der Waals surface area contributed by atoms with Crippen LogP contribution in [-0.4, -0.2) is 40.9 Å². The second-order valence-electron chi connectivity index (χ2n) is 8.46. The maximum absolute atomic E-state index is 13.6. The Balaban J connectivity index is 1.58. The molecule has 2 N–H and O–H groups in total. The largest absolute Gasteiger partial charge is 0.478 e. The molecule has 0 amide bonds. The van der Waals surface area contributed by atoms with E-state index in [0.29, 0.717) is 70.7 Å². The summed E-state index contributed by atoms with van der Waals surface area (Å²) in [7, 11) is 0. The molecule has 8 heteroatoms. The van der Waals surface area contributed by atoms with Crippen molar-refractivity contribution in [3.8, 4) is 11.3 Å².